The van der Waals surface area contributed by atoms with Crippen LogP contribution in [0.1, 0.15) is 50.3 Å². The molecule has 0 aromatic heterocycles. The number of aliphatic hydroxyl groups is 1. The van der Waals surface area contributed by atoms with Crippen molar-refractivity contribution in [3.63, 3.8) is 0 Å². The molecule has 0 saturated heterocycles. The van der Waals surface area contributed by atoms with Gasteiger partial charge >= 0.3 is 0 Å². The zero-order valence-electron chi connectivity index (χ0n) is 11.9. The van der Waals surface area contributed by atoms with Crippen LogP contribution >= 0.6 is 0 Å². The van der Waals surface area contributed by atoms with Gasteiger partial charge in [-0.25, -0.2) is 0 Å². The summed E-state index contributed by atoms with van der Waals surface area (Å²) in [6.07, 6.45) is 3.26. The Morgan fingerprint density at radius 1 is 1.21 bits per heavy atom. The van der Waals surface area contributed by atoms with Crippen LogP contribution in [0.5, 0.6) is 0 Å². The van der Waals surface area contributed by atoms with Crippen molar-refractivity contribution in [1.29, 1.82) is 0 Å². The predicted molar refractivity (Wildman–Crippen MR) is 76.9 cm³/mol. The fourth-order valence-corrected chi connectivity index (χ4v) is 2.76. The zero-order valence-corrected chi connectivity index (χ0v) is 11.9. The van der Waals surface area contributed by atoms with Gasteiger partial charge in [0.1, 0.15) is 0 Å². The second kappa shape index (κ2) is 5.30. The Labute approximate surface area is 115 Å². The summed E-state index contributed by atoms with van der Waals surface area (Å²) >= 11 is 0. The van der Waals surface area contributed by atoms with Crippen molar-refractivity contribution in [3.8, 4) is 0 Å². The van der Waals surface area contributed by atoms with Crippen LogP contribution in [0.4, 0.5) is 0 Å². The predicted octanol–water partition coefficient (Wildman–Crippen LogP) is 3.73. The van der Waals surface area contributed by atoms with E-state index in [0.717, 1.165) is 17.6 Å². The molecule has 1 unspecified atom stereocenters. The Balaban J connectivity index is 2.08. The average molecular weight is 258 g/mol. The van der Waals surface area contributed by atoms with Crippen molar-refractivity contribution in [2.75, 3.05) is 0 Å². The van der Waals surface area contributed by atoms with Gasteiger partial charge < -0.3 is 5.11 Å². The Bertz CT molecular complexity index is 494. The summed E-state index contributed by atoms with van der Waals surface area (Å²) < 4.78 is 0. The van der Waals surface area contributed by atoms with Crippen molar-refractivity contribution in [2.45, 2.75) is 46.1 Å². The van der Waals surface area contributed by atoms with E-state index in [1.807, 2.05) is 31.2 Å². The molecule has 1 aliphatic rings. The Morgan fingerprint density at radius 2 is 1.84 bits per heavy atom. The quantitative estimate of drug-likeness (QED) is 0.897. The third-order valence-electron chi connectivity index (χ3n) is 3.64. The second-order valence-corrected chi connectivity index (χ2v) is 6.42. The number of hydrogen-bond acceptors (Lipinski definition) is 2. The first-order valence-corrected chi connectivity index (χ1v) is 6.83. The molecule has 1 atom stereocenters. The number of aliphatic hydroxyl groups excluding tert-OH is 1. The number of benzene rings is 1. The molecule has 0 heterocycles. The third-order valence-corrected chi connectivity index (χ3v) is 3.64. The van der Waals surface area contributed by atoms with Gasteiger partial charge in [0.05, 0.1) is 6.10 Å². The average Bonchev–Trinajstić information content (AvgIpc) is 2.26. The minimum atomic E-state index is -0.520. The molecule has 2 heteroatoms. The molecule has 1 N–H and O–H groups in total. The molecule has 102 valence electrons. The Morgan fingerprint density at radius 3 is 2.42 bits per heavy atom. The van der Waals surface area contributed by atoms with Crippen LogP contribution in [0.2, 0.25) is 0 Å². The lowest BCUT2D eigenvalue weighted by molar-refractivity contribution is -0.117. The summed E-state index contributed by atoms with van der Waals surface area (Å²) in [5.74, 6) is 0.183. The van der Waals surface area contributed by atoms with E-state index in [9.17, 15) is 9.90 Å². The fourth-order valence-electron chi connectivity index (χ4n) is 2.76. The van der Waals surface area contributed by atoms with Gasteiger partial charge in [-0.3, -0.25) is 4.79 Å². The van der Waals surface area contributed by atoms with E-state index in [4.69, 9.17) is 0 Å². The molecule has 0 aliphatic heterocycles. The fraction of sp³-hybridized carbons (Fsp3) is 0.471. The molecule has 2 nitrogen and oxygen atoms in total. The molecule has 0 radical (unpaired) electrons. The first kappa shape index (κ1) is 14.0. The number of carbonyl (C=O) groups is 1. The van der Waals surface area contributed by atoms with E-state index in [0.29, 0.717) is 12.8 Å². The van der Waals surface area contributed by atoms with Gasteiger partial charge in [0.2, 0.25) is 0 Å². The number of carbonyl (C=O) groups excluding carboxylic acids is 1. The Hall–Kier alpha value is -1.41. The van der Waals surface area contributed by atoms with Gasteiger partial charge in [-0.1, -0.05) is 49.2 Å². The van der Waals surface area contributed by atoms with Gasteiger partial charge in [-0.05, 0) is 36.8 Å². The molecule has 0 saturated carbocycles. The van der Waals surface area contributed by atoms with Crippen LogP contribution in [0.25, 0.3) is 0 Å². The van der Waals surface area contributed by atoms with Crippen LogP contribution in [0.3, 0.4) is 0 Å². The highest BCUT2D eigenvalue weighted by Gasteiger charge is 2.28. The highest BCUT2D eigenvalue weighted by Crippen LogP contribution is 2.37. The monoisotopic (exact) mass is 258 g/mol. The molecule has 0 amide bonds. The standard InChI is InChI=1S/C17H22O2/c1-12-4-6-14(7-5-12)16(19)9-13-8-15(18)11-17(2,3)10-13/h4-8,16,19H,9-11H2,1-3H3. The number of hydrogen-bond donors (Lipinski definition) is 1. The van der Waals surface area contributed by atoms with Crippen LogP contribution in [0, 0.1) is 12.3 Å². The van der Waals surface area contributed by atoms with Gasteiger partial charge in [-0.2, -0.15) is 0 Å². The second-order valence-electron chi connectivity index (χ2n) is 6.42. The normalized spacial score (nSPS) is 20.0. The lowest BCUT2D eigenvalue weighted by Gasteiger charge is -2.29. The van der Waals surface area contributed by atoms with E-state index < -0.39 is 6.10 Å². The molecule has 0 bridgehead atoms. The summed E-state index contributed by atoms with van der Waals surface area (Å²) in [4.78, 5) is 11.7. The Kier molecular flexibility index (Phi) is 3.91. The minimum Gasteiger partial charge on any atom is -0.388 e. The molecule has 2 rings (SSSR count). The lowest BCUT2D eigenvalue weighted by atomic mass is 9.75. The van der Waals surface area contributed by atoms with Crippen LogP contribution < -0.4 is 0 Å². The number of ketones is 1. The van der Waals surface area contributed by atoms with E-state index >= 15 is 0 Å². The largest absolute Gasteiger partial charge is 0.388 e. The third kappa shape index (κ3) is 3.77. The van der Waals surface area contributed by atoms with Crippen molar-refractivity contribution in [1.82, 2.24) is 0 Å². The molecular weight excluding hydrogens is 236 g/mol. The highest BCUT2D eigenvalue weighted by molar-refractivity contribution is 5.91. The van der Waals surface area contributed by atoms with Crippen LogP contribution in [-0.4, -0.2) is 10.9 Å². The van der Waals surface area contributed by atoms with E-state index in [2.05, 4.69) is 13.8 Å². The summed E-state index contributed by atoms with van der Waals surface area (Å²) in [6.45, 7) is 6.24. The first-order chi connectivity index (χ1) is 8.85. The van der Waals surface area contributed by atoms with Crippen LogP contribution in [-0.2, 0) is 4.79 Å². The van der Waals surface area contributed by atoms with E-state index in [1.165, 1.54) is 5.56 Å². The first-order valence-electron chi connectivity index (χ1n) is 6.83. The molecule has 1 aliphatic carbocycles. The van der Waals surface area contributed by atoms with E-state index in [1.54, 1.807) is 6.08 Å². The van der Waals surface area contributed by atoms with E-state index in [-0.39, 0.29) is 11.2 Å². The molecule has 1 aromatic carbocycles. The molecule has 1 aromatic rings. The van der Waals surface area contributed by atoms with Crippen molar-refractivity contribution in [3.05, 3.63) is 47.0 Å². The number of aryl methyl sites for hydroxylation is 1. The van der Waals surface area contributed by atoms with Crippen molar-refractivity contribution in [2.24, 2.45) is 5.41 Å². The summed E-state index contributed by atoms with van der Waals surface area (Å²) in [5.41, 5.74) is 3.19. The van der Waals surface area contributed by atoms with Gasteiger partial charge in [0.25, 0.3) is 0 Å². The maximum atomic E-state index is 11.7. The van der Waals surface area contributed by atoms with Gasteiger partial charge in [0.15, 0.2) is 5.78 Å². The van der Waals surface area contributed by atoms with Crippen molar-refractivity contribution >= 4 is 5.78 Å². The molecule has 19 heavy (non-hydrogen) atoms. The summed E-state index contributed by atoms with van der Waals surface area (Å²) in [6, 6.07) is 7.92. The minimum absolute atomic E-state index is 0.0220. The number of allylic oxidation sites excluding steroid dienone is 1. The smallest absolute Gasteiger partial charge is 0.156 e. The van der Waals surface area contributed by atoms with Crippen LogP contribution in [0.15, 0.2) is 35.9 Å². The molecule has 0 spiro atoms. The van der Waals surface area contributed by atoms with Crippen molar-refractivity contribution < 1.29 is 9.90 Å². The topological polar surface area (TPSA) is 37.3 Å². The molecular formula is C17H22O2. The lowest BCUT2D eigenvalue weighted by Crippen LogP contribution is -2.22. The zero-order chi connectivity index (χ0) is 14.0. The summed E-state index contributed by atoms with van der Waals surface area (Å²) in [5, 5.41) is 10.3. The van der Waals surface area contributed by atoms with Gasteiger partial charge in [0, 0.05) is 6.42 Å². The maximum Gasteiger partial charge on any atom is 0.156 e. The maximum absolute atomic E-state index is 11.7. The molecule has 0 fully saturated rings. The highest BCUT2D eigenvalue weighted by atomic mass is 16.3. The summed E-state index contributed by atoms with van der Waals surface area (Å²) in [7, 11) is 0. The number of rotatable bonds is 3. The SMILES string of the molecule is Cc1ccc(C(O)CC2=CC(=O)CC(C)(C)C2)cc1. The van der Waals surface area contributed by atoms with Gasteiger partial charge in [-0.15, -0.1) is 0 Å².